The molecule has 1 N–H and O–H groups in total. The third-order valence-electron chi connectivity index (χ3n) is 5.99. The maximum Gasteiger partial charge on any atom is 0.226 e. The molecule has 0 aromatic heterocycles. The van der Waals surface area contributed by atoms with Crippen LogP contribution in [0.3, 0.4) is 0 Å². The molecule has 2 saturated carbocycles. The van der Waals surface area contributed by atoms with Crippen molar-refractivity contribution >= 4 is 11.8 Å². The van der Waals surface area contributed by atoms with Crippen molar-refractivity contribution in [2.75, 3.05) is 13.6 Å². The molecular weight excluding hydrogens is 300 g/mol. The predicted octanol–water partition coefficient (Wildman–Crippen LogP) is 2.41. The first-order valence-electron chi connectivity index (χ1n) is 9.23. The van der Waals surface area contributed by atoms with E-state index in [2.05, 4.69) is 29.6 Å². The standard InChI is InChI=1S/C20H26N2O2/c1-22(12-10-18(23)21-15-8-9-15)19(24)17-13-20(17)11-4-6-14-5-2-3-7-16(14)20/h2-3,5,7,15,17H,4,6,8-13H2,1H3,(H,21,23). The van der Waals surface area contributed by atoms with E-state index in [1.54, 1.807) is 4.90 Å². The molecule has 2 atom stereocenters. The molecule has 0 saturated heterocycles. The minimum Gasteiger partial charge on any atom is -0.353 e. The third-order valence-corrected chi connectivity index (χ3v) is 5.99. The maximum absolute atomic E-state index is 12.8. The predicted molar refractivity (Wildman–Crippen MR) is 92.6 cm³/mol. The summed E-state index contributed by atoms with van der Waals surface area (Å²) in [5.74, 6) is 0.395. The number of hydrogen-bond donors (Lipinski definition) is 1. The Labute approximate surface area is 143 Å². The Kier molecular flexibility index (Phi) is 3.86. The number of carbonyl (C=O) groups is 2. The van der Waals surface area contributed by atoms with Crippen molar-refractivity contribution in [2.45, 2.75) is 56.4 Å². The Balaban J connectivity index is 1.37. The topological polar surface area (TPSA) is 49.4 Å². The highest BCUT2D eigenvalue weighted by Gasteiger charge is 2.60. The summed E-state index contributed by atoms with van der Waals surface area (Å²) in [5.41, 5.74) is 2.90. The second-order valence-corrected chi connectivity index (χ2v) is 7.78. The molecule has 3 aliphatic carbocycles. The van der Waals surface area contributed by atoms with Gasteiger partial charge in [0.25, 0.3) is 0 Å². The number of nitrogens with one attached hydrogen (secondary N) is 1. The van der Waals surface area contributed by atoms with Crippen molar-refractivity contribution in [3.05, 3.63) is 35.4 Å². The first kappa shape index (κ1) is 15.7. The molecule has 24 heavy (non-hydrogen) atoms. The van der Waals surface area contributed by atoms with Gasteiger partial charge in [0.05, 0.1) is 0 Å². The first-order chi connectivity index (χ1) is 11.6. The Bertz CT molecular complexity index is 667. The number of fused-ring (bicyclic) bond motifs is 2. The SMILES string of the molecule is CN(CCC(=O)NC1CC1)C(=O)C1CC12CCCc1ccccc12. The summed E-state index contributed by atoms with van der Waals surface area (Å²) in [6.07, 6.45) is 7.02. The van der Waals surface area contributed by atoms with Gasteiger partial charge in [-0.1, -0.05) is 24.3 Å². The van der Waals surface area contributed by atoms with Crippen LogP contribution < -0.4 is 5.32 Å². The highest BCUT2D eigenvalue weighted by atomic mass is 16.2. The zero-order valence-corrected chi connectivity index (χ0v) is 14.4. The van der Waals surface area contributed by atoms with Crippen LogP contribution in [0.25, 0.3) is 0 Å². The fourth-order valence-electron chi connectivity index (χ4n) is 4.33. The molecule has 2 unspecified atom stereocenters. The van der Waals surface area contributed by atoms with Gasteiger partial charge in [-0.05, 0) is 49.7 Å². The van der Waals surface area contributed by atoms with E-state index >= 15 is 0 Å². The zero-order chi connectivity index (χ0) is 16.7. The molecule has 0 radical (unpaired) electrons. The average molecular weight is 326 g/mol. The molecule has 0 aliphatic heterocycles. The first-order valence-corrected chi connectivity index (χ1v) is 9.23. The average Bonchev–Trinajstić information content (AvgIpc) is 3.50. The van der Waals surface area contributed by atoms with Gasteiger partial charge < -0.3 is 10.2 Å². The molecule has 4 rings (SSSR count). The normalized spacial score (nSPS) is 27.5. The Hall–Kier alpha value is -1.84. The molecule has 1 aromatic carbocycles. The van der Waals surface area contributed by atoms with Crippen LogP contribution in [0.4, 0.5) is 0 Å². The zero-order valence-electron chi connectivity index (χ0n) is 14.4. The molecule has 128 valence electrons. The summed E-state index contributed by atoms with van der Waals surface area (Å²) < 4.78 is 0. The van der Waals surface area contributed by atoms with Gasteiger partial charge in [0.15, 0.2) is 0 Å². The smallest absolute Gasteiger partial charge is 0.226 e. The largest absolute Gasteiger partial charge is 0.353 e. The van der Waals surface area contributed by atoms with E-state index < -0.39 is 0 Å². The van der Waals surface area contributed by atoms with Crippen molar-refractivity contribution in [2.24, 2.45) is 5.92 Å². The van der Waals surface area contributed by atoms with E-state index in [0.29, 0.717) is 19.0 Å². The van der Waals surface area contributed by atoms with Crippen LogP contribution in [0.15, 0.2) is 24.3 Å². The highest BCUT2D eigenvalue weighted by Crippen LogP contribution is 2.60. The highest BCUT2D eigenvalue weighted by molar-refractivity contribution is 5.85. The lowest BCUT2D eigenvalue weighted by molar-refractivity contribution is -0.132. The quantitative estimate of drug-likeness (QED) is 0.903. The van der Waals surface area contributed by atoms with Gasteiger partial charge >= 0.3 is 0 Å². The van der Waals surface area contributed by atoms with E-state index in [4.69, 9.17) is 0 Å². The van der Waals surface area contributed by atoms with E-state index in [1.165, 1.54) is 17.5 Å². The van der Waals surface area contributed by atoms with Crippen molar-refractivity contribution in [3.8, 4) is 0 Å². The minimum atomic E-state index is 0.0747. The van der Waals surface area contributed by atoms with Crippen molar-refractivity contribution in [1.29, 1.82) is 0 Å². The minimum absolute atomic E-state index is 0.0747. The summed E-state index contributed by atoms with van der Waals surface area (Å²) in [5, 5.41) is 2.99. The van der Waals surface area contributed by atoms with Crippen LogP contribution in [0.2, 0.25) is 0 Å². The summed E-state index contributed by atoms with van der Waals surface area (Å²) in [6, 6.07) is 9.01. The van der Waals surface area contributed by atoms with E-state index in [-0.39, 0.29) is 23.1 Å². The number of amides is 2. The molecule has 1 spiro atoms. The van der Waals surface area contributed by atoms with Crippen molar-refractivity contribution in [1.82, 2.24) is 10.2 Å². The molecule has 4 nitrogen and oxygen atoms in total. The van der Waals surface area contributed by atoms with Crippen molar-refractivity contribution in [3.63, 3.8) is 0 Å². The maximum atomic E-state index is 12.8. The summed E-state index contributed by atoms with van der Waals surface area (Å²) in [7, 11) is 1.84. The van der Waals surface area contributed by atoms with E-state index in [1.807, 2.05) is 7.05 Å². The number of rotatable bonds is 5. The summed E-state index contributed by atoms with van der Waals surface area (Å²) in [4.78, 5) is 26.4. The second kappa shape index (κ2) is 5.91. The third kappa shape index (κ3) is 2.83. The second-order valence-electron chi connectivity index (χ2n) is 7.78. The molecule has 2 amide bonds. The lowest BCUT2D eigenvalue weighted by Gasteiger charge is -2.27. The Morgan fingerprint density at radius 3 is 2.88 bits per heavy atom. The number of aryl methyl sites for hydroxylation is 1. The molecule has 4 heteroatoms. The van der Waals surface area contributed by atoms with Gasteiger partial charge in [-0.25, -0.2) is 0 Å². The van der Waals surface area contributed by atoms with Crippen LogP contribution in [-0.4, -0.2) is 36.3 Å². The number of hydrogen-bond acceptors (Lipinski definition) is 2. The number of benzene rings is 1. The molecule has 0 heterocycles. The van der Waals surface area contributed by atoms with Gasteiger partial charge in [0, 0.05) is 37.4 Å². The summed E-state index contributed by atoms with van der Waals surface area (Å²) in [6.45, 7) is 0.519. The van der Waals surface area contributed by atoms with Gasteiger partial charge in [-0.3, -0.25) is 9.59 Å². The van der Waals surface area contributed by atoms with Gasteiger partial charge in [0.1, 0.15) is 0 Å². The fourth-order valence-corrected chi connectivity index (χ4v) is 4.33. The summed E-state index contributed by atoms with van der Waals surface area (Å²) >= 11 is 0. The molecular formula is C20H26N2O2. The molecule has 1 aromatic rings. The molecule has 3 aliphatic rings. The van der Waals surface area contributed by atoms with Gasteiger partial charge in [-0.2, -0.15) is 0 Å². The molecule has 2 fully saturated rings. The number of carbonyl (C=O) groups excluding carboxylic acids is 2. The monoisotopic (exact) mass is 326 g/mol. The van der Waals surface area contributed by atoms with Gasteiger partial charge in [0.2, 0.25) is 11.8 Å². The Morgan fingerprint density at radius 1 is 1.29 bits per heavy atom. The van der Waals surface area contributed by atoms with Crippen LogP contribution >= 0.6 is 0 Å². The van der Waals surface area contributed by atoms with Crippen LogP contribution in [0.1, 0.15) is 49.7 Å². The van der Waals surface area contributed by atoms with Crippen LogP contribution in [0, 0.1) is 5.92 Å². The lowest BCUT2D eigenvalue weighted by Crippen LogP contribution is -2.35. The van der Waals surface area contributed by atoms with Crippen molar-refractivity contribution < 1.29 is 9.59 Å². The lowest BCUT2D eigenvalue weighted by atomic mass is 9.78. The van der Waals surface area contributed by atoms with Crippen LogP contribution in [0.5, 0.6) is 0 Å². The van der Waals surface area contributed by atoms with E-state index in [0.717, 1.165) is 32.1 Å². The van der Waals surface area contributed by atoms with E-state index in [9.17, 15) is 9.59 Å². The molecule has 0 bridgehead atoms. The van der Waals surface area contributed by atoms with Crippen LogP contribution in [-0.2, 0) is 21.4 Å². The Morgan fingerprint density at radius 2 is 2.08 bits per heavy atom. The number of nitrogens with zero attached hydrogens (tertiary/aromatic N) is 1. The fraction of sp³-hybridized carbons (Fsp3) is 0.600. The van der Waals surface area contributed by atoms with Gasteiger partial charge in [-0.15, -0.1) is 0 Å².